The molecule has 2 unspecified atom stereocenters. The van der Waals surface area contributed by atoms with Gasteiger partial charge in [0.05, 0.1) is 19.0 Å². The van der Waals surface area contributed by atoms with E-state index in [1.165, 1.54) is 18.1 Å². The molecule has 0 aliphatic heterocycles. The second-order valence-electron chi connectivity index (χ2n) is 4.56. The van der Waals surface area contributed by atoms with Crippen LogP contribution < -0.4 is 5.73 Å². The SMILES string of the molecule is CSC[C@@H](OC(C)n1cnc2c(N)ncnc21)C(O)CO. The molecule has 9 heteroatoms. The van der Waals surface area contributed by atoms with Crippen LogP contribution in [-0.4, -0.2) is 60.6 Å². The molecule has 116 valence electrons. The molecule has 21 heavy (non-hydrogen) atoms. The van der Waals surface area contributed by atoms with Crippen molar-refractivity contribution in [3.05, 3.63) is 12.7 Å². The molecule has 2 aromatic heterocycles. The van der Waals surface area contributed by atoms with Gasteiger partial charge in [-0.25, -0.2) is 15.0 Å². The van der Waals surface area contributed by atoms with Gasteiger partial charge in [0.25, 0.3) is 0 Å². The third kappa shape index (κ3) is 3.43. The zero-order chi connectivity index (χ0) is 15.4. The number of thioether (sulfide) groups is 1. The third-order valence-electron chi connectivity index (χ3n) is 3.10. The molecule has 0 bridgehead atoms. The Balaban J connectivity index is 2.21. The van der Waals surface area contributed by atoms with E-state index < -0.39 is 18.4 Å². The van der Waals surface area contributed by atoms with Crippen LogP contribution in [0.2, 0.25) is 0 Å². The Morgan fingerprint density at radius 3 is 2.86 bits per heavy atom. The topological polar surface area (TPSA) is 119 Å². The van der Waals surface area contributed by atoms with Crippen LogP contribution in [0.15, 0.2) is 12.7 Å². The second-order valence-corrected chi connectivity index (χ2v) is 5.47. The van der Waals surface area contributed by atoms with Gasteiger partial charge in [-0.3, -0.25) is 4.57 Å². The Kier molecular flexibility index (Phi) is 5.34. The standard InChI is InChI=1S/C12H19N5O3S/c1-7(20-9(4-21-2)8(19)3-18)17-6-16-10-11(13)14-5-15-12(10)17/h5-9,18-19H,3-4H2,1-2H3,(H2,13,14,15)/t7?,8?,9-/m1/s1. The lowest BCUT2D eigenvalue weighted by molar-refractivity contribution is -0.0972. The largest absolute Gasteiger partial charge is 0.394 e. The molecule has 0 saturated carbocycles. The lowest BCUT2D eigenvalue weighted by Gasteiger charge is -2.25. The highest BCUT2D eigenvalue weighted by Crippen LogP contribution is 2.21. The molecule has 0 saturated heterocycles. The summed E-state index contributed by atoms with van der Waals surface area (Å²) >= 11 is 1.53. The van der Waals surface area contributed by atoms with Gasteiger partial charge in [0.15, 0.2) is 11.5 Å². The van der Waals surface area contributed by atoms with Crippen LogP contribution in [0.3, 0.4) is 0 Å². The maximum Gasteiger partial charge on any atom is 0.167 e. The fourth-order valence-corrected chi connectivity index (χ4v) is 2.61. The maximum atomic E-state index is 9.79. The first-order chi connectivity index (χ1) is 10.1. The summed E-state index contributed by atoms with van der Waals surface area (Å²) in [5, 5.41) is 18.9. The first-order valence-corrected chi connectivity index (χ1v) is 7.84. The molecule has 0 aliphatic carbocycles. The molecule has 8 nitrogen and oxygen atoms in total. The van der Waals surface area contributed by atoms with Gasteiger partial charge in [0, 0.05) is 5.75 Å². The maximum absolute atomic E-state index is 9.79. The Labute approximate surface area is 126 Å². The Morgan fingerprint density at radius 2 is 2.19 bits per heavy atom. The van der Waals surface area contributed by atoms with Crippen molar-refractivity contribution in [3.63, 3.8) is 0 Å². The Morgan fingerprint density at radius 1 is 1.43 bits per heavy atom. The van der Waals surface area contributed by atoms with Crippen molar-refractivity contribution in [2.45, 2.75) is 25.4 Å². The van der Waals surface area contributed by atoms with Gasteiger partial charge in [-0.15, -0.1) is 0 Å². The quantitative estimate of drug-likeness (QED) is 0.655. The highest BCUT2D eigenvalue weighted by molar-refractivity contribution is 7.98. The van der Waals surface area contributed by atoms with E-state index in [1.54, 1.807) is 10.9 Å². The van der Waals surface area contributed by atoms with Crippen LogP contribution in [-0.2, 0) is 4.74 Å². The molecule has 0 aromatic carbocycles. The van der Waals surface area contributed by atoms with Crippen molar-refractivity contribution < 1.29 is 14.9 Å². The molecular formula is C12H19N5O3S. The summed E-state index contributed by atoms with van der Waals surface area (Å²) in [7, 11) is 0. The number of hydrogen-bond acceptors (Lipinski definition) is 8. The van der Waals surface area contributed by atoms with Gasteiger partial charge in [0.1, 0.15) is 24.2 Å². The first-order valence-electron chi connectivity index (χ1n) is 6.44. The number of fused-ring (bicyclic) bond motifs is 1. The van der Waals surface area contributed by atoms with E-state index >= 15 is 0 Å². The van der Waals surface area contributed by atoms with E-state index in [4.69, 9.17) is 15.6 Å². The first kappa shape index (κ1) is 16.0. The van der Waals surface area contributed by atoms with Crippen molar-refractivity contribution in [3.8, 4) is 0 Å². The van der Waals surface area contributed by atoms with Crippen LogP contribution in [0.25, 0.3) is 11.2 Å². The minimum Gasteiger partial charge on any atom is -0.394 e. The molecule has 3 atom stereocenters. The second kappa shape index (κ2) is 7.03. The number of ether oxygens (including phenoxy) is 1. The lowest BCUT2D eigenvalue weighted by atomic mass is 10.2. The van der Waals surface area contributed by atoms with Gasteiger partial charge >= 0.3 is 0 Å². The molecule has 0 aliphatic rings. The van der Waals surface area contributed by atoms with Crippen LogP contribution in [0.1, 0.15) is 13.2 Å². The van der Waals surface area contributed by atoms with Gasteiger partial charge < -0.3 is 20.7 Å². The summed E-state index contributed by atoms with van der Waals surface area (Å²) in [6.45, 7) is 1.47. The van der Waals surface area contributed by atoms with Crippen molar-refractivity contribution in [2.24, 2.45) is 0 Å². The Hall–Kier alpha value is -1.42. The zero-order valence-electron chi connectivity index (χ0n) is 11.9. The molecule has 2 heterocycles. The normalized spacial score (nSPS) is 16.0. The summed E-state index contributed by atoms with van der Waals surface area (Å²) in [4.78, 5) is 12.2. The number of nitrogen functional groups attached to an aromatic ring is 1. The van der Waals surface area contributed by atoms with E-state index in [-0.39, 0.29) is 6.61 Å². The number of aliphatic hydroxyl groups is 2. The number of aromatic nitrogens is 4. The van der Waals surface area contributed by atoms with E-state index in [0.717, 1.165) is 0 Å². The average molecular weight is 313 g/mol. The van der Waals surface area contributed by atoms with Crippen LogP contribution in [0.4, 0.5) is 5.82 Å². The van der Waals surface area contributed by atoms with E-state index in [9.17, 15) is 5.11 Å². The lowest BCUT2D eigenvalue weighted by Crippen LogP contribution is -2.35. The van der Waals surface area contributed by atoms with Crippen molar-refractivity contribution in [1.29, 1.82) is 0 Å². The van der Waals surface area contributed by atoms with Gasteiger partial charge in [0.2, 0.25) is 0 Å². The summed E-state index contributed by atoms with van der Waals surface area (Å²) in [6, 6.07) is 0. The van der Waals surface area contributed by atoms with Crippen molar-refractivity contribution in [1.82, 2.24) is 19.5 Å². The molecule has 4 N–H and O–H groups in total. The molecule has 0 fully saturated rings. The van der Waals surface area contributed by atoms with Crippen LogP contribution >= 0.6 is 11.8 Å². The molecule has 0 spiro atoms. The van der Waals surface area contributed by atoms with Gasteiger partial charge in [-0.2, -0.15) is 11.8 Å². The zero-order valence-corrected chi connectivity index (χ0v) is 12.7. The minimum atomic E-state index is -0.936. The van der Waals surface area contributed by atoms with E-state index in [2.05, 4.69) is 15.0 Å². The predicted molar refractivity (Wildman–Crippen MR) is 80.8 cm³/mol. The van der Waals surface area contributed by atoms with Gasteiger partial charge in [-0.1, -0.05) is 0 Å². The number of imidazole rings is 1. The summed E-state index contributed by atoms with van der Waals surface area (Å²) < 4.78 is 7.54. The monoisotopic (exact) mass is 313 g/mol. The number of anilines is 1. The van der Waals surface area contributed by atoms with E-state index in [0.29, 0.717) is 22.7 Å². The minimum absolute atomic E-state index is 0.307. The number of nitrogens with zero attached hydrogens (tertiary/aromatic N) is 4. The number of hydrogen-bond donors (Lipinski definition) is 3. The molecule has 2 aromatic rings. The average Bonchev–Trinajstić information content (AvgIpc) is 2.91. The molecular weight excluding hydrogens is 294 g/mol. The molecule has 0 radical (unpaired) electrons. The molecule has 2 rings (SSSR count). The highest BCUT2D eigenvalue weighted by atomic mass is 32.2. The number of rotatable bonds is 7. The number of nitrogens with two attached hydrogens (primary N) is 1. The van der Waals surface area contributed by atoms with Crippen LogP contribution in [0, 0.1) is 0 Å². The highest BCUT2D eigenvalue weighted by Gasteiger charge is 2.23. The smallest absolute Gasteiger partial charge is 0.167 e. The van der Waals surface area contributed by atoms with Crippen molar-refractivity contribution >= 4 is 28.7 Å². The van der Waals surface area contributed by atoms with Gasteiger partial charge in [-0.05, 0) is 13.2 Å². The fraction of sp³-hybridized carbons (Fsp3) is 0.583. The summed E-state index contributed by atoms with van der Waals surface area (Å²) in [5.74, 6) is 0.873. The summed E-state index contributed by atoms with van der Waals surface area (Å²) in [6.07, 6.45) is 3.01. The number of aliphatic hydroxyl groups excluding tert-OH is 2. The van der Waals surface area contributed by atoms with E-state index in [1.807, 2.05) is 13.2 Å². The molecule has 0 amide bonds. The summed E-state index contributed by atoms with van der Waals surface area (Å²) in [5.41, 5.74) is 6.82. The fourth-order valence-electron chi connectivity index (χ4n) is 1.98. The predicted octanol–water partition coefficient (Wildman–Crippen LogP) is 0.0284. The third-order valence-corrected chi connectivity index (χ3v) is 3.76. The van der Waals surface area contributed by atoms with Crippen LogP contribution in [0.5, 0.6) is 0 Å². The Bertz CT molecular complexity index is 593. The van der Waals surface area contributed by atoms with Crippen molar-refractivity contribution in [2.75, 3.05) is 24.3 Å².